The van der Waals surface area contributed by atoms with E-state index in [9.17, 15) is 0 Å². The average molecular weight is 358 g/mol. The Morgan fingerprint density at radius 1 is 0.607 bits per heavy atom. The van der Waals surface area contributed by atoms with Crippen molar-refractivity contribution in [2.45, 2.75) is 0 Å². The molecule has 3 aromatic carbocycles. The van der Waals surface area contributed by atoms with Crippen molar-refractivity contribution in [3.63, 3.8) is 0 Å². The van der Waals surface area contributed by atoms with E-state index in [1.165, 1.54) is 16.5 Å². The zero-order valence-electron chi connectivity index (χ0n) is 15.1. The molecule has 6 rings (SSSR count). The Balaban J connectivity index is 1.85. The average Bonchev–Trinajstić information content (AvgIpc) is 2.76. The first-order valence-corrected chi connectivity index (χ1v) is 9.35. The number of rotatable bonds is 1. The fraction of sp³-hybridized carbons (Fsp3) is 0. The molecule has 0 saturated heterocycles. The van der Waals surface area contributed by atoms with Gasteiger partial charge in [-0.3, -0.25) is 0 Å². The maximum absolute atomic E-state index is 4.97. The molecule has 0 atom stereocenters. The highest BCUT2D eigenvalue weighted by atomic mass is 14.9. The van der Waals surface area contributed by atoms with Crippen molar-refractivity contribution in [3.05, 3.63) is 97.3 Å². The second-order valence-electron chi connectivity index (χ2n) is 7.00. The second-order valence-corrected chi connectivity index (χ2v) is 7.00. The molecule has 0 N–H and O–H groups in total. The number of hydrogen-bond acceptors (Lipinski definition) is 2. The summed E-state index contributed by atoms with van der Waals surface area (Å²) in [6, 6.07) is 29.2. The van der Waals surface area contributed by atoms with Gasteiger partial charge in [-0.15, -0.1) is 0 Å². The minimum atomic E-state index is 0.918. The van der Waals surface area contributed by atoms with Gasteiger partial charge in [-0.25, -0.2) is 9.97 Å². The molecule has 3 heterocycles. The van der Waals surface area contributed by atoms with Gasteiger partial charge < -0.3 is 0 Å². The topological polar surface area (TPSA) is 29.9 Å². The Bertz CT molecular complexity index is 1500. The third-order valence-electron chi connectivity index (χ3n) is 5.28. The summed E-state index contributed by atoms with van der Waals surface area (Å²) in [4.78, 5) is 9.89. The van der Waals surface area contributed by atoms with Gasteiger partial charge in [-0.2, -0.15) is 4.40 Å². The summed E-state index contributed by atoms with van der Waals surface area (Å²) in [7, 11) is 0. The van der Waals surface area contributed by atoms with Gasteiger partial charge in [0.1, 0.15) is 5.52 Å². The molecule has 0 aliphatic heterocycles. The third kappa shape index (κ3) is 2.26. The molecule has 0 bridgehead atoms. The van der Waals surface area contributed by atoms with Crippen molar-refractivity contribution >= 4 is 38.4 Å². The van der Waals surface area contributed by atoms with Crippen LogP contribution < -0.4 is 4.40 Å². The van der Waals surface area contributed by atoms with Crippen LogP contribution in [0.2, 0.25) is 0 Å². The van der Waals surface area contributed by atoms with Crippen LogP contribution in [0.4, 0.5) is 0 Å². The van der Waals surface area contributed by atoms with E-state index >= 15 is 0 Å². The van der Waals surface area contributed by atoms with Gasteiger partial charge in [-0.05, 0) is 35.4 Å². The van der Waals surface area contributed by atoms with Gasteiger partial charge in [0.15, 0.2) is 12.4 Å². The van der Waals surface area contributed by atoms with E-state index in [0.717, 1.165) is 33.0 Å². The maximum atomic E-state index is 4.97. The highest BCUT2D eigenvalue weighted by molar-refractivity contribution is 6.12. The second kappa shape index (κ2) is 5.83. The van der Waals surface area contributed by atoms with E-state index in [-0.39, 0.29) is 0 Å². The quantitative estimate of drug-likeness (QED) is 0.225. The van der Waals surface area contributed by atoms with Crippen LogP contribution in [0.5, 0.6) is 0 Å². The smallest absolute Gasteiger partial charge is 0.211 e. The molecule has 0 amide bonds. The summed E-state index contributed by atoms with van der Waals surface area (Å²) >= 11 is 0. The van der Waals surface area contributed by atoms with Gasteiger partial charge >= 0.3 is 0 Å². The lowest BCUT2D eigenvalue weighted by atomic mass is 9.97. The van der Waals surface area contributed by atoms with Crippen LogP contribution >= 0.6 is 0 Å². The van der Waals surface area contributed by atoms with Crippen molar-refractivity contribution in [1.29, 1.82) is 0 Å². The molecular weight excluding hydrogens is 342 g/mol. The van der Waals surface area contributed by atoms with Gasteiger partial charge in [0.25, 0.3) is 0 Å². The number of aromatic nitrogens is 3. The van der Waals surface area contributed by atoms with Crippen LogP contribution in [0.25, 0.3) is 49.5 Å². The van der Waals surface area contributed by atoms with Crippen LogP contribution in [0.15, 0.2) is 97.3 Å². The molecule has 3 aromatic heterocycles. The Morgan fingerprint density at radius 3 is 2.21 bits per heavy atom. The fourth-order valence-electron chi connectivity index (χ4n) is 3.94. The molecule has 0 saturated carbocycles. The van der Waals surface area contributed by atoms with Gasteiger partial charge in [0.2, 0.25) is 5.52 Å². The largest absolute Gasteiger partial charge is 0.244 e. The van der Waals surface area contributed by atoms with E-state index in [4.69, 9.17) is 9.97 Å². The van der Waals surface area contributed by atoms with Crippen LogP contribution in [0.3, 0.4) is 0 Å². The number of para-hydroxylation sites is 2. The van der Waals surface area contributed by atoms with Crippen molar-refractivity contribution in [2.75, 3.05) is 0 Å². The number of benzene rings is 3. The van der Waals surface area contributed by atoms with Crippen LogP contribution in [-0.2, 0) is 0 Å². The van der Waals surface area contributed by atoms with E-state index in [0.29, 0.717) is 0 Å². The molecule has 0 spiro atoms. The minimum Gasteiger partial charge on any atom is -0.244 e. The number of pyridine rings is 2. The lowest BCUT2D eigenvalue weighted by molar-refractivity contribution is -0.510. The molecule has 3 nitrogen and oxygen atoms in total. The van der Waals surface area contributed by atoms with Gasteiger partial charge in [0, 0.05) is 23.6 Å². The van der Waals surface area contributed by atoms with Crippen molar-refractivity contribution in [3.8, 4) is 11.1 Å². The first kappa shape index (κ1) is 15.2. The zero-order valence-corrected chi connectivity index (χ0v) is 15.1. The summed E-state index contributed by atoms with van der Waals surface area (Å²) in [6.07, 6.45) is 4.24. The third-order valence-corrected chi connectivity index (χ3v) is 5.28. The van der Waals surface area contributed by atoms with Crippen LogP contribution in [0.1, 0.15) is 0 Å². The van der Waals surface area contributed by atoms with Crippen LogP contribution in [-0.4, -0.2) is 9.97 Å². The Morgan fingerprint density at radius 2 is 1.36 bits per heavy atom. The van der Waals surface area contributed by atoms with E-state index in [1.54, 1.807) is 0 Å². The predicted octanol–water partition coefficient (Wildman–Crippen LogP) is 5.34. The molecule has 0 fully saturated rings. The van der Waals surface area contributed by atoms with Crippen molar-refractivity contribution in [2.24, 2.45) is 0 Å². The maximum Gasteiger partial charge on any atom is 0.211 e. The molecule has 0 aliphatic carbocycles. The van der Waals surface area contributed by atoms with Crippen molar-refractivity contribution < 1.29 is 4.40 Å². The molecular formula is C25H16N3+. The van der Waals surface area contributed by atoms with Gasteiger partial charge in [-0.1, -0.05) is 42.5 Å². The Kier molecular flexibility index (Phi) is 3.17. The monoisotopic (exact) mass is 358 g/mol. The number of fused-ring (bicyclic) bond motifs is 5. The van der Waals surface area contributed by atoms with E-state index < -0.39 is 0 Å². The lowest BCUT2D eigenvalue weighted by Gasteiger charge is -2.10. The van der Waals surface area contributed by atoms with E-state index in [2.05, 4.69) is 65.3 Å². The summed E-state index contributed by atoms with van der Waals surface area (Å²) in [5.41, 5.74) is 7.21. The Hall–Kier alpha value is -3.85. The standard InChI is InChI=1S/C25H16N3/c1-2-8-17(9-3-1)19-15-24-25(27-23-12-5-4-11-22(23)26-24)21-16-28-13-7-6-10-18(28)14-20(19)21/h1-16H/q+1. The lowest BCUT2D eigenvalue weighted by Crippen LogP contribution is -2.20. The van der Waals surface area contributed by atoms with Crippen molar-refractivity contribution in [1.82, 2.24) is 9.97 Å². The molecule has 0 aliphatic rings. The summed E-state index contributed by atoms with van der Waals surface area (Å²) in [5, 5.41) is 2.30. The predicted molar refractivity (Wildman–Crippen MR) is 113 cm³/mol. The minimum absolute atomic E-state index is 0.918. The first-order chi connectivity index (χ1) is 13.9. The molecule has 3 heteroatoms. The summed E-state index contributed by atoms with van der Waals surface area (Å²) in [6.45, 7) is 0. The Labute approximate surface area is 161 Å². The first-order valence-electron chi connectivity index (χ1n) is 9.35. The molecule has 0 radical (unpaired) electrons. The molecule has 6 aromatic rings. The normalized spacial score (nSPS) is 11.6. The van der Waals surface area contributed by atoms with Crippen LogP contribution in [0, 0.1) is 0 Å². The highest BCUT2D eigenvalue weighted by Crippen LogP contribution is 2.34. The zero-order chi connectivity index (χ0) is 18.5. The molecule has 130 valence electrons. The SMILES string of the molecule is c1ccc(-c2cc3nc4ccccc4nc3c3c[n+]4ccccc4cc23)cc1. The summed E-state index contributed by atoms with van der Waals surface area (Å²) < 4.78 is 2.15. The van der Waals surface area contributed by atoms with Gasteiger partial charge in [0.05, 0.1) is 21.9 Å². The highest BCUT2D eigenvalue weighted by Gasteiger charge is 2.15. The summed E-state index contributed by atoms with van der Waals surface area (Å²) in [5.74, 6) is 0. The molecule has 0 unspecified atom stereocenters. The molecule has 28 heavy (non-hydrogen) atoms. The fourth-order valence-corrected chi connectivity index (χ4v) is 3.94. The van der Waals surface area contributed by atoms with E-state index in [1.807, 2.05) is 36.4 Å². The number of nitrogens with zero attached hydrogens (tertiary/aromatic N) is 3. The number of hydrogen-bond donors (Lipinski definition) is 0.